The molecule has 1 fully saturated rings. The van der Waals surface area contributed by atoms with Crippen LogP contribution in [0.5, 0.6) is 0 Å². The third-order valence-corrected chi connectivity index (χ3v) is 4.44. The standard InChI is InChI=1S/C14H25N5/c1-12-4-3-6-19-14(12)15-13(16-19)5-7-18-10-8-17(2)9-11-18/h12H,3-11H2,1-2H3. The van der Waals surface area contributed by atoms with Crippen LogP contribution in [0.4, 0.5) is 0 Å². The Balaban J connectivity index is 1.56. The van der Waals surface area contributed by atoms with Gasteiger partial charge in [-0.25, -0.2) is 9.67 Å². The molecule has 19 heavy (non-hydrogen) atoms. The van der Waals surface area contributed by atoms with Crippen molar-refractivity contribution in [3.8, 4) is 0 Å². The van der Waals surface area contributed by atoms with Gasteiger partial charge in [-0.3, -0.25) is 0 Å². The Morgan fingerprint density at radius 3 is 2.68 bits per heavy atom. The monoisotopic (exact) mass is 263 g/mol. The van der Waals surface area contributed by atoms with Gasteiger partial charge >= 0.3 is 0 Å². The highest BCUT2D eigenvalue weighted by atomic mass is 15.4. The van der Waals surface area contributed by atoms with Crippen LogP contribution in [0.15, 0.2) is 0 Å². The first-order valence-electron chi connectivity index (χ1n) is 7.57. The van der Waals surface area contributed by atoms with Gasteiger partial charge in [0.1, 0.15) is 5.82 Å². The van der Waals surface area contributed by atoms with Gasteiger partial charge in [0.2, 0.25) is 0 Å². The summed E-state index contributed by atoms with van der Waals surface area (Å²) in [5.41, 5.74) is 0. The first kappa shape index (κ1) is 13.1. The summed E-state index contributed by atoms with van der Waals surface area (Å²) in [6, 6.07) is 0. The Bertz CT molecular complexity index is 419. The van der Waals surface area contributed by atoms with Gasteiger partial charge in [0.15, 0.2) is 5.82 Å². The molecule has 1 aromatic heterocycles. The largest absolute Gasteiger partial charge is 0.304 e. The fourth-order valence-electron chi connectivity index (χ4n) is 3.04. The quantitative estimate of drug-likeness (QED) is 0.814. The highest BCUT2D eigenvalue weighted by molar-refractivity contribution is 5.02. The molecule has 2 aliphatic rings. The summed E-state index contributed by atoms with van der Waals surface area (Å²) < 4.78 is 2.13. The van der Waals surface area contributed by atoms with Crippen molar-refractivity contribution in [2.45, 2.75) is 38.6 Å². The second-order valence-electron chi connectivity index (χ2n) is 6.05. The minimum Gasteiger partial charge on any atom is -0.304 e. The van der Waals surface area contributed by atoms with Gasteiger partial charge in [-0.05, 0) is 19.9 Å². The van der Waals surface area contributed by atoms with Crippen LogP contribution in [0.2, 0.25) is 0 Å². The lowest BCUT2D eigenvalue weighted by Crippen LogP contribution is -2.45. The molecule has 5 nitrogen and oxygen atoms in total. The summed E-state index contributed by atoms with van der Waals surface area (Å²) in [5.74, 6) is 2.83. The molecule has 3 heterocycles. The first-order chi connectivity index (χ1) is 9.22. The summed E-state index contributed by atoms with van der Waals surface area (Å²) in [5, 5.41) is 4.67. The molecule has 0 saturated carbocycles. The molecule has 1 aromatic rings. The molecule has 1 unspecified atom stereocenters. The summed E-state index contributed by atoms with van der Waals surface area (Å²) in [6.07, 6.45) is 3.50. The van der Waals surface area contributed by atoms with Crippen molar-refractivity contribution < 1.29 is 0 Å². The van der Waals surface area contributed by atoms with Gasteiger partial charge in [0, 0.05) is 51.6 Å². The highest BCUT2D eigenvalue weighted by Gasteiger charge is 2.21. The Kier molecular flexibility index (Phi) is 3.84. The maximum absolute atomic E-state index is 4.75. The Morgan fingerprint density at radius 2 is 1.95 bits per heavy atom. The van der Waals surface area contributed by atoms with E-state index in [1.165, 1.54) is 44.8 Å². The maximum atomic E-state index is 4.75. The lowest BCUT2D eigenvalue weighted by molar-refractivity contribution is 0.155. The molecule has 1 atom stereocenters. The SMILES string of the molecule is CC1CCCn2nc(CCN3CCN(C)CC3)nc21. The predicted molar refractivity (Wildman–Crippen MR) is 75.3 cm³/mol. The minimum absolute atomic E-state index is 0.582. The third kappa shape index (κ3) is 2.98. The molecule has 1 saturated heterocycles. The molecule has 5 heteroatoms. The van der Waals surface area contributed by atoms with E-state index in [2.05, 4.69) is 33.6 Å². The van der Waals surface area contributed by atoms with Crippen LogP contribution >= 0.6 is 0 Å². The fourth-order valence-corrected chi connectivity index (χ4v) is 3.04. The van der Waals surface area contributed by atoms with E-state index in [1.54, 1.807) is 0 Å². The molecular formula is C14H25N5. The van der Waals surface area contributed by atoms with Crippen molar-refractivity contribution in [2.75, 3.05) is 39.8 Å². The highest BCUT2D eigenvalue weighted by Crippen LogP contribution is 2.24. The van der Waals surface area contributed by atoms with Crippen molar-refractivity contribution >= 4 is 0 Å². The molecule has 106 valence electrons. The molecule has 0 bridgehead atoms. The van der Waals surface area contributed by atoms with Crippen molar-refractivity contribution in [1.82, 2.24) is 24.6 Å². The van der Waals surface area contributed by atoms with E-state index < -0.39 is 0 Å². The first-order valence-corrected chi connectivity index (χ1v) is 7.57. The molecule has 3 rings (SSSR count). The number of hydrogen-bond donors (Lipinski definition) is 0. The number of piperazine rings is 1. The summed E-state index contributed by atoms with van der Waals surface area (Å²) in [4.78, 5) is 9.67. The number of aryl methyl sites for hydroxylation is 1. The predicted octanol–water partition coefficient (Wildman–Crippen LogP) is 0.965. The van der Waals surface area contributed by atoms with Crippen LogP contribution in [0.3, 0.4) is 0 Å². The van der Waals surface area contributed by atoms with Crippen molar-refractivity contribution in [3.63, 3.8) is 0 Å². The summed E-state index contributed by atoms with van der Waals surface area (Å²) >= 11 is 0. The summed E-state index contributed by atoms with van der Waals surface area (Å²) in [7, 11) is 2.20. The van der Waals surface area contributed by atoms with E-state index in [1.807, 2.05) is 0 Å². The number of aromatic nitrogens is 3. The number of nitrogens with zero attached hydrogens (tertiary/aromatic N) is 5. The number of rotatable bonds is 3. The minimum atomic E-state index is 0.582. The third-order valence-electron chi connectivity index (χ3n) is 4.44. The van der Waals surface area contributed by atoms with Crippen LogP contribution in [-0.4, -0.2) is 64.3 Å². The van der Waals surface area contributed by atoms with Crippen LogP contribution in [0.1, 0.15) is 37.3 Å². The van der Waals surface area contributed by atoms with Crippen LogP contribution in [-0.2, 0) is 13.0 Å². The van der Waals surface area contributed by atoms with Gasteiger partial charge < -0.3 is 9.80 Å². The van der Waals surface area contributed by atoms with Crippen molar-refractivity contribution in [1.29, 1.82) is 0 Å². The van der Waals surface area contributed by atoms with Crippen LogP contribution in [0, 0.1) is 0 Å². The molecule has 0 amide bonds. The van der Waals surface area contributed by atoms with E-state index in [0.29, 0.717) is 5.92 Å². The Labute approximate surface area is 115 Å². The average Bonchev–Trinajstić information content (AvgIpc) is 2.83. The molecule has 0 spiro atoms. The zero-order valence-electron chi connectivity index (χ0n) is 12.2. The number of likely N-dealkylation sites (N-methyl/N-ethyl adjacent to an activating group) is 1. The Hall–Kier alpha value is -0.940. The van der Waals surface area contributed by atoms with E-state index in [9.17, 15) is 0 Å². The van der Waals surface area contributed by atoms with Crippen LogP contribution in [0.25, 0.3) is 0 Å². The maximum Gasteiger partial charge on any atom is 0.152 e. The van der Waals surface area contributed by atoms with Crippen molar-refractivity contribution in [3.05, 3.63) is 11.6 Å². The second-order valence-corrected chi connectivity index (χ2v) is 6.05. The summed E-state index contributed by atoms with van der Waals surface area (Å²) in [6.45, 7) is 9.16. The lowest BCUT2D eigenvalue weighted by Gasteiger charge is -2.31. The number of fused-ring (bicyclic) bond motifs is 1. The second kappa shape index (κ2) is 5.59. The van der Waals surface area contributed by atoms with Gasteiger partial charge in [-0.1, -0.05) is 6.92 Å². The van der Waals surface area contributed by atoms with Gasteiger partial charge in [0.05, 0.1) is 0 Å². The number of hydrogen-bond acceptors (Lipinski definition) is 4. The molecule has 0 aliphatic carbocycles. The zero-order valence-corrected chi connectivity index (χ0v) is 12.2. The Morgan fingerprint density at radius 1 is 1.16 bits per heavy atom. The van der Waals surface area contributed by atoms with Crippen molar-refractivity contribution in [2.24, 2.45) is 0 Å². The van der Waals surface area contributed by atoms with Gasteiger partial charge in [0.25, 0.3) is 0 Å². The van der Waals surface area contributed by atoms with E-state index >= 15 is 0 Å². The molecule has 2 aliphatic heterocycles. The molecule has 0 aromatic carbocycles. The smallest absolute Gasteiger partial charge is 0.152 e. The van der Waals surface area contributed by atoms with Gasteiger partial charge in [-0.15, -0.1) is 0 Å². The normalized spacial score (nSPS) is 25.5. The van der Waals surface area contributed by atoms with Crippen LogP contribution < -0.4 is 0 Å². The lowest BCUT2D eigenvalue weighted by atomic mass is 10.0. The molecular weight excluding hydrogens is 238 g/mol. The molecule has 0 N–H and O–H groups in total. The topological polar surface area (TPSA) is 37.2 Å². The average molecular weight is 263 g/mol. The molecule has 0 radical (unpaired) electrons. The van der Waals surface area contributed by atoms with E-state index in [-0.39, 0.29) is 0 Å². The zero-order chi connectivity index (χ0) is 13.2. The van der Waals surface area contributed by atoms with E-state index in [0.717, 1.165) is 25.3 Å². The van der Waals surface area contributed by atoms with Gasteiger partial charge in [-0.2, -0.15) is 5.10 Å². The fraction of sp³-hybridized carbons (Fsp3) is 0.857. The van der Waals surface area contributed by atoms with E-state index in [4.69, 9.17) is 4.98 Å².